The number of hydrogen-bond donors (Lipinski definition) is 2. The molecule has 1 aromatic carbocycles. The third kappa shape index (κ3) is 4.93. The first-order chi connectivity index (χ1) is 7.00. The zero-order valence-electron chi connectivity index (χ0n) is 7.93. The molecule has 1 atom stereocenters. The number of nitrogens with zero attached hydrogens (tertiary/aromatic N) is 1. The summed E-state index contributed by atoms with van der Waals surface area (Å²) in [6.45, 7) is 0. The van der Waals surface area contributed by atoms with E-state index in [4.69, 9.17) is 10.2 Å². The molecule has 0 spiro atoms. The van der Waals surface area contributed by atoms with Crippen molar-refractivity contribution in [3.05, 3.63) is 29.8 Å². The molecular weight excluding hydrogens is 522 g/mol. The van der Waals surface area contributed by atoms with Crippen molar-refractivity contribution in [2.24, 2.45) is 0 Å². The number of phenols is 1. The zero-order chi connectivity index (χ0) is 11.4. The summed E-state index contributed by atoms with van der Waals surface area (Å²) in [7, 11) is 0. The number of benzene rings is 1. The second-order valence-corrected chi connectivity index (χ2v) is 5.46. The normalized spacial score (nSPS) is 11.9. The predicted octanol–water partition coefficient (Wildman–Crippen LogP) is 2.31. The van der Waals surface area contributed by atoms with Crippen molar-refractivity contribution in [2.75, 3.05) is 0 Å². The van der Waals surface area contributed by atoms with Crippen molar-refractivity contribution < 1.29 is 35.1 Å². The first-order valence-corrected chi connectivity index (χ1v) is 5.54. The van der Waals surface area contributed by atoms with Gasteiger partial charge in [-0.05, 0) is 17.7 Å². The van der Waals surface area contributed by atoms with Crippen LogP contribution in [0.2, 0.25) is 0 Å². The molecule has 0 saturated carbocycles. The molecular formula is C9H9Br2IrNO3. The first-order valence-electron chi connectivity index (χ1n) is 4.12. The average molecular weight is 531 g/mol. The van der Waals surface area contributed by atoms with Gasteiger partial charge in [0, 0.05) is 58.8 Å². The van der Waals surface area contributed by atoms with Crippen LogP contribution in [0.25, 0.3) is 0 Å². The van der Waals surface area contributed by atoms with Gasteiger partial charge in [0.15, 0.2) is 0 Å². The molecule has 2 N–H and O–H groups in total. The molecule has 1 unspecified atom stereocenters. The van der Waals surface area contributed by atoms with Crippen LogP contribution in [-0.4, -0.2) is 25.2 Å². The number of aliphatic carboxylic acids is 1. The van der Waals surface area contributed by atoms with E-state index in [2.05, 4.69) is 32.3 Å². The van der Waals surface area contributed by atoms with Gasteiger partial charge in [-0.2, -0.15) is 2.95 Å². The van der Waals surface area contributed by atoms with Crippen molar-refractivity contribution in [3.8, 4) is 5.75 Å². The number of aromatic hydroxyl groups is 1. The third-order valence-electron chi connectivity index (χ3n) is 1.89. The van der Waals surface area contributed by atoms with Crippen molar-refractivity contribution in [2.45, 2.75) is 12.5 Å². The van der Waals surface area contributed by atoms with Crippen LogP contribution in [0, 0.1) is 0 Å². The number of rotatable bonds is 4. The van der Waals surface area contributed by atoms with E-state index in [9.17, 15) is 4.79 Å². The number of carboxylic acid groups (broad SMARTS) is 1. The SMILES string of the molecule is O=C(O)C(Cc1ccc(O)cc1)N(Br)Br.[Ir]. The molecule has 4 nitrogen and oxygen atoms in total. The maximum atomic E-state index is 10.9. The third-order valence-corrected chi connectivity index (χ3v) is 2.87. The summed E-state index contributed by atoms with van der Waals surface area (Å²) in [6, 6.07) is 5.74. The van der Waals surface area contributed by atoms with Gasteiger partial charge in [-0.25, -0.2) is 0 Å². The van der Waals surface area contributed by atoms with Gasteiger partial charge in [0.25, 0.3) is 0 Å². The minimum atomic E-state index is -0.933. The molecule has 0 bridgehead atoms. The van der Waals surface area contributed by atoms with E-state index in [-0.39, 0.29) is 25.9 Å². The summed E-state index contributed by atoms with van der Waals surface area (Å²) in [6.07, 6.45) is 0.339. The number of carbonyl (C=O) groups is 1. The standard InChI is InChI=1S/C9H9Br2NO3.Ir/c10-12(11)8(9(14)15)5-6-1-3-7(13)4-2-6;/h1-4,8,13H,5H2,(H,14,15);. The smallest absolute Gasteiger partial charge is 0.323 e. The summed E-state index contributed by atoms with van der Waals surface area (Å²) in [5, 5.41) is 18.0. The van der Waals surface area contributed by atoms with Gasteiger partial charge in [-0.1, -0.05) is 12.1 Å². The number of halogens is 2. The molecule has 0 amide bonds. The van der Waals surface area contributed by atoms with Crippen LogP contribution in [0.3, 0.4) is 0 Å². The second kappa shape index (κ2) is 7.40. The van der Waals surface area contributed by atoms with Gasteiger partial charge in [-0.15, -0.1) is 0 Å². The zero-order valence-corrected chi connectivity index (χ0v) is 13.5. The molecule has 0 aliphatic rings. The fourth-order valence-corrected chi connectivity index (χ4v) is 1.73. The second-order valence-electron chi connectivity index (χ2n) is 2.98. The molecule has 1 aromatic rings. The van der Waals surface area contributed by atoms with Crippen LogP contribution in [0.15, 0.2) is 24.3 Å². The van der Waals surface area contributed by atoms with E-state index in [1.165, 1.54) is 15.1 Å². The fourth-order valence-electron chi connectivity index (χ4n) is 1.10. The van der Waals surface area contributed by atoms with Gasteiger partial charge >= 0.3 is 5.97 Å². The van der Waals surface area contributed by atoms with Crippen LogP contribution in [0.4, 0.5) is 0 Å². The van der Waals surface area contributed by atoms with Gasteiger partial charge in [0.2, 0.25) is 0 Å². The van der Waals surface area contributed by atoms with Crippen LogP contribution in [0.1, 0.15) is 5.56 Å². The summed E-state index contributed by atoms with van der Waals surface area (Å²) in [5.74, 6) is -0.767. The van der Waals surface area contributed by atoms with Crippen LogP contribution < -0.4 is 0 Å². The number of phenolic OH excluding ortho intramolecular Hbond substituents is 1. The van der Waals surface area contributed by atoms with Crippen molar-refractivity contribution in [3.63, 3.8) is 0 Å². The van der Waals surface area contributed by atoms with E-state index in [1.54, 1.807) is 12.1 Å². The van der Waals surface area contributed by atoms with Gasteiger partial charge in [0.05, 0.1) is 0 Å². The maximum Gasteiger partial charge on any atom is 0.323 e. The minimum absolute atomic E-state index is 0. The topological polar surface area (TPSA) is 60.8 Å². The largest absolute Gasteiger partial charge is 0.508 e. The Morgan fingerprint density at radius 1 is 1.31 bits per heavy atom. The quantitative estimate of drug-likeness (QED) is 0.586. The number of carboxylic acids is 1. The predicted molar refractivity (Wildman–Crippen MR) is 62.9 cm³/mol. The monoisotopic (exact) mass is 530 g/mol. The van der Waals surface area contributed by atoms with E-state index in [0.29, 0.717) is 6.42 Å². The molecule has 0 saturated heterocycles. The Kier molecular flexibility index (Phi) is 7.43. The maximum absolute atomic E-state index is 10.9. The average Bonchev–Trinajstić information content (AvgIpc) is 2.15. The van der Waals surface area contributed by atoms with Crippen molar-refractivity contribution in [1.82, 2.24) is 2.95 Å². The minimum Gasteiger partial charge on any atom is -0.508 e. The Labute approximate surface area is 124 Å². The van der Waals surface area contributed by atoms with Crippen LogP contribution >= 0.6 is 32.3 Å². The molecule has 0 aliphatic heterocycles. The van der Waals surface area contributed by atoms with Crippen LogP contribution in [0.5, 0.6) is 5.75 Å². The first kappa shape index (κ1) is 16.1. The molecule has 91 valence electrons. The molecule has 0 heterocycles. The van der Waals surface area contributed by atoms with E-state index < -0.39 is 12.0 Å². The van der Waals surface area contributed by atoms with E-state index >= 15 is 0 Å². The van der Waals surface area contributed by atoms with E-state index in [0.717, 1.165) is 5.56 Å². The van der Waals surface area contributed by atoms with Gasteiger partial charge in [-0.3, -0.25) is 4.79 Å². The molecule has 0 aliphatic carbocycles. The Morgan fingerprint density at radius 2 is 1.81 bits per heavy atom. The number of hydrogen-bond acceptors (Lipinski definition) is 3. The summed E-state index contributed by atoms with van der Waals surface area (Å²) < 4.78 is 1.29. The van der Waals surface area contributed by atoms with Crippen LogP contribution in [-0.2, 0) is 31.3 Å². The Balaban J connectivity index is 0.00000225. The summed E-state index contributed by atoms with van der Waals surface area (Å²) in [5.41, 5.74) is 0.837. The Morgan fingerprint density at radius 3 is 2.19 bits per heavy atom. The Bertz CT molecular complexity index is 345. The molecule has 7 heteroatoms. The fraction of sp³-hybridized carbons (Fsp3) is 0.222. The van der Waals surface area contributed by atoms with Gasteiger partial charge in [0.1, 0.15) is 11.8 Å². The molecule has 1 radical (unpaired) electrons. The molecule has 1 rings (SSSR count). The molecule has 16 heavy (non-hydrogen) atoms. The van der Waals surface area contributed by atoms with Gasteiger partial charge < -0.3 is 10.2 Å². The van der Waals surface area contributed by atoms with E-state index in [1.807, 2.05) is 0 Å². The molecule has 0 aromatic heterocycles. The van der Waals surface area contributed by atoms with Crippen molar-refractivity contribution in [1.29, 1.82) is 0 Å². The Hall–Kier alpha value is 0.0594. The van der Waals surface area contributed by atoms with Crippen molar-refractivity contribution >= 4 is 38.3 Å². The molecule has 0 fully saturated rings. The summed E-state index contributed by atoms with van der Waals surface area (Å²) in [4.78, 5) is 10.9. The summed E-state index contributed by atoms with van der Waals surface area (Å²) >= 11 is 6.07.